The predicted octanol–water partition coefficient (Wildman–Crippen LogP) is 3.11. The van der Waals surface area contributed by atoms with Crippen LogP contribution >= 0.6 is 12.2 Å². The first-order valence-corrected chi connectivity index (χ1v) is 7.23. The lowest BCUT2D eigenvalue weighted by molar-refractivity contribution is 0.418. The topological polar surface area (TPSA) is 63.8 Å². The number of anilines is 1. The van der Waals surface area contributed by atoms with Gasteiger partial charge in [-0.05, 0) is 38.7 Å². The van der Waals surface area contributed by atoms with E-state index in [9.17, 15) is 0 Å². The zero-order valence-electron chi connectivity index (χ0n) is 12.5. The van der Waals surface area contributed by atoms with Gasteiger partial charge in [-0.3, -0.25) is 0 Å². The maximum Gasteiger partial charge on any atom is 0.159 e. The SMILES string of the molecule is CCC(CC)(CC)Nc1nnc(C)c(C)c1C(N)=S. The maximum atomic E-state index is 5.85. The fraction of sp³-hybridized carbons (Fsp3) is 0.643. The highest BCUT2D eigenvalue weighted by Gasteiger charge is 2.26. The average Bonchev–Trinajstić information content (AvgIpc) is 2.40. The summed E-state index contributed by atoms with van der Waals surface area (Å²) in [6, 6.07) is 0. The number of hydrogen-bond donors (Lipinski definition) is 2. The number of hydrogen-bond acceptors (Lipinski definition) is 4. The second-order valence-electron chi connectivity index (χ2n) is 4.96. The molecular weight excluding hydrogens is 256 g/mol. The van der Waals surface area contributed by atoms with Gasteiger partial charge >= 0.3 is 0 Å². The third-order valence-electron chi connectivity index (χ3n) is 4.11. The van der Waals surface area contributed by atoms with Crippen molar-refractivity contribution in [2.45, 2.75) is 59.4 Å². The lowest BCUT2D eigenvalue weighted by atomic mass is 9.89. The highest BCUT2D eigenvalue weighted by molar-refractivity contribution is 7.80. The third-order valence-corrected chi connectivity index (χ3v) is 4.32. The molecule has 0 fully saturated rings. The number of thiocarbonyl (C=S) groups is 1. The van der Waals surface area contributed by atoms with Crippen molar-refractivity contribution in [1.82, 2.24) is 10.2 Å². The second-order valence-corrected chi connectivity index (χ2v) is 5.40. The van der Waals surface area contributed by atoms with Gasteiger partial charge in [0.1, 0.15) is 4.99 Å². The molecule has 1 rings (SSSR count). The minimum atomic E-state index is 0.0237. The van der Waals surface area contributed by atoms with Crippen LogP contribution in [0.2, 0.25) is 0 Å². The van der Waals surface area contributed by atoms with Gasteiger partial charge in [0.15, 0.2) is 5.82 Å². The van der Waals surface area contributed by atoms with Gasteiger partial charge in [-0.2, -0.15) is 5.10 Å². The molecule has 106 valence electrons. The lowest BCUT2D eigenvalue weighted by Gasteiger charge is -2.33. The highest BCUT2D eigenvalue weighted by Crippen LogP contribution is 2.27. The minimum absolute atomic E-state index is 0.0237. The smallest absolute Gasteiger partial charge is 0.159 e. The van der Waals surface area contributed by atoms with E-state index in [0.717, 1.165) is 36.1 Å². The van der Waals surface area contributed by atoms with Crippen molar-refractivity contribution >= 4 is 23.0 Å². The first-order valence-electron chi connectivity index (χ1n) is 6.82. The Bertz CT molecular complexity index is 458. The van der Waals surface area contributed by atoms with E-state index in [1.807, 2.05) is 13.8 Å². The number of rotatable bonds is 6. The highest BCUT2D eigenvalue weighted by atomic mass is 32.1. The van der Waals surface area contributed by atoms with Crippen LogP contribution in [0.15, 0.2) is 0 Å². The van der Waals surface area contributed by atoms with Gasteiger partial charge in [0, 0.05) is 5.54 Å². The summed E-state index contributed by atoms with van der Waals surface area (Å²) in [7, 11) is 0. The van der Waals surface area contributed by atoms with Crippen LogP contribution in [0.1, 0.15) is 56.9 Å². The van der Waals surface area contributed by atoms with Gasteiger partial charge in [0.25, 0.3) is 0 Å². The number of nitrogens with two attached hydrogens (primary N) is 1. The molecule has 1 aromatic rings. The molecule has 0 saturated carbocycles. The summed E-state index contributed by atoms with van der Waals surface area (Å²) in [5.74, 6) is 0.709. The Kier molecular flexibility index (Phi) is 5.23. The normalized spacial score (nSPS) is 11.4. The minimum Gasteiger partial charge on any atom is -0.389 e. The molecule has 0 aliphatic rings. The van der Waals surface area contributed by atoms with Crippen molar-refractivity contribution in [3.63, 3.8) is 0 Å². The molecule has 0 unspecified atom stereocenters. The predicted molar refractivity (Wildman–Crippen MR) is 84.6 cm³/mol. The van der Waals surface area contributed by atoms with E-state index in [4.69, 9.17) is 18.0 Å². The number of nitrogens with zero attached hydrogens (tertiary/aromatic N) is 2. The fourth-order valence-electron chi connectivity index (χ4n) is 2.26. The average molecular weight is 280 g/mol. The Morgan fingerprint density at radius 1 is 1.16 bits per heavy atom. The molecule has 1 heterocycles. The first kappa shape index (κ1) is 15.8. The van der Waals surface area contributed by atoms with E-state index >= 15 is 0 Å². The zero-order chi connectivity index (χ0) is 14.6. The molecule has 5 heteroatoms. The van der Waals surface area contributed by atoms with Gasteiger partial charge in [-0.1, -0.05) is 33.0 Å². The molecule has 0 saturated heterocycles. The summed E-state index contributed by atoms with van der Waals surface area (Å²) in [6.07, 6.45) is 3.06. The molecule has 19 heavy (non-hydrogen) atoms. The summed E-state index contributed by atoms with van der Waals surface area (Å²) in [5.41, 5.74) is 8.56. The Hall–Kier alpha value is -1.23. The molecule has 0 spiro atoms. The monoisotopic (exact) mass is 280 g/mol. The van der Waals surface area contributed by atoms with E-state index in [0.29, 0.717) is 10.8 Å². The van der Waals surface area contributed by atoms with Crippen LogP contribution in [-0.2, 0) is 0 Å². The molecule has 0 aliphatic heterocycles. The van der Waals surface area contributed by atoms with Crippen molar-refractivity contribution < 1.29 is 0 Å². The van der Waals surface area contributed by atoms with E-state index in [-0.39, 0.29) is 5.54 Å². The summed E-state index contributed by atoms with van der Waals surface area (Å²) in [6.45, 7) is 10.4. The Balaban J connectivity index is 3.28. The van der Waals surface area contributed by atoms with Gasteiger partial charge in [-0.15, -0.1) is 5.10 Å². The fourth-order valence-corrected chi connectivity index (χ4v) is 2.51. The van der Waals surface area contributed by atoms with Crippen LogP contribution in [0.4, 0.5) is 5.82 Å². The van der Waals surface area contributed by atoms with E-state index in [1.165, 1.54) is 0 Å². The van der Waals surface area contributed by atoms with Crippen LogP contribution in [0.25, 0.3) is 0 Å². The molecular formula is C14H24N4S. The third kappa shape index (κ3) is 3.21. The van der Waals surface area contributed by atoms with Crippen molar-refractivity contribution in [2.24, 2.45) is 5.73 Å². The summed E-state index contributed by atoms with van der Waals surface area (Å²) < 4.78 is 0. The van der Waals surface area contributed by atoms with E-state index < -0.39 is 0 Å². The van der Waals surface area contributed by atoms with Crippen molar-refractivity contribution in [1.29, 1.82) is 0 Å². The number of aryl methyl sites for hydroxylation is 1. The Morgan fingerprint density at radius 3 is 2.11 bits per heavy atom. The van der Waals surface area contributed by atoms with Gasteiger partial charge in [0.2, 0.25) is 0 Å². The molecule has 0 aromatic carbocycles. The standard InChI is InChI=1S/C14H24N4S/c1-6-14(7-2,8-3)16-13-11(12(15)19)9(4)10(5)17-18-13/h6-8H2,1-5H3,(H2,15,19)(H,16,18). The van der Waals surface area contributed by atoms with Crippen molar-refractivity contribution in [2.75, 3.05) is 5.32 Å². The van der Waals surface area contributed by atoms with Crippen molar-refractivity contribution in [3.05, 3.63) is 16.8 Å². The van der Waals surface area contributed by atoms with Gasteiger partial charge < -0.3 is 11.1 Å². The van der Waals surface area contributed by atoms with Crippen LogP contribution < -0.4 is 11.1 Å². The Morgan fingerprint density at radius 2 is 1.68 bits per heavy atom. The number of aromatic nitrogens is 2. The van der Waals surface area contributed by atoms with Crippen LogP contribution in [0.3, 0.4) is 0 Å². The van der Waals surface area contributed by atoms with Crippen LogP contribution in [0.5, 0.6) is 0 Å². The van der Waals surface area contributed by atoms with Crippen molar-refractivity contribution in [3.8, 4) is 0 Å². The molecule has 0 atom stereocenters. The molecule has 1 aromatic heterocycles. The quantitative estimate of drug-likeness (QED) is 0.784. The van der Waals surface area contributed by atoms with Gasteiger partial charge in [-0.25, -0.2) is 0 Å². The maximum absolute atomic E-state index is 5.85. The van der Waals surface area contributed by atoms with Gasteiger partial charge in [0.05, 0.1) is 11.3 Å². The molecule has 4 nitrogen and oxygen atoms in total. The Labute approximate surface area is 121 Å². The molecule has 0 aliphatic carbocycles. The zero-order valence-corrected chi connectivity index (χ0v) is 13.3. The van der Waals surface area contributed by atoms with E-state index in [1.54, 1.807) is 0 Å². The molecule has 0 bridgehead atoms. The first-order chi connectivity index (χ1) is 8.90. The summed E-state index contributed by atoms with van der Waals surface area (Å²) in [4.78, 5) is 0.371. The summed E-state index contributed by atoms with van der Waals surface area (Å²) >= 11 is 5.16. The molecule has 0 amide bonds. The second kappa shape index (κ2) is 6.28. The number of nitrogens with one attached hydrogen (secondary N) is 1. The van der Waals surface area contributed by atoms with Crippen LogP contribution in [-0.4, -0.2) is 20.7 Å². The molecule has 3 N–H and O–H groups in total. The lowest BCUT2D eigenvalue weighted by Crippen LogP contribution is -2.37. The largest absolute Gasteiger partial charge is 0.389 e. The van der Waals surface area contributed by atoms with E-state index in [2.05, 4.69) is 36.3 Å². The van der Waals surface area contributed by atoms with Crippen LogP contribution in [0, 0.1) is 13.8 Å². The molecule has 0 radical (unpaired) electrons. The summed E-state index contributed by atoms with van der Waals surface area (Å²) in [5, 5.41) is 12.0.